The molecule has 262 valence electrons. The fraction of sp³-hybridized carbons (Fsp3) is 0.714. The molecular weight excluding hydrogens is 614 g/mol. The van der Waals surface area contributed by atoms with Crippen LogP contribution in [0, 0.1) is 17.3 Å². The number of likely N-dealkylation sites (tertiary alicyclic amines) is 1. The maximum absolute atomic E-state index is 14.6. The van der Waals surface area contributed by atoms with Crippen LogP contribution < -0.4 is 21.3 Å². The molecule has 3 aliphatic carbocycles. The number of aromatic nitrogens is 2. The minimum atomic E-state index is -0.989. The van der Waals surface area contributed by atoms with Crippen LogP contribution in [-0.2, 0) is 24.0 Å². The normalized spacial score (nSPS) is 24.2. The lowest BCUT2D eigenvalue weighted by atomic mass is 9.81. The number of piperidine rings is 1. The Bertz CT molecular complexity index is 1370. The van der Waals surface area contributed by atoms with Crippen molar-refractivity contribution in [3.05, 3.63) is 24.3 Å². The summed E-state index contributed by atoms with van der Waals surface area (Å²) >= 11 is 0. The summed E-state index contributed by atoms with van der Waals surface area (Å²) in [5, 5.41) is 11.4. The predicted octanol–water partition coefficient (Wildman–Crippen LogP) is 2.20. The van der Waals surface area contributed by atoms with Gasteiger partial charge in [-0.05, 0) is 68.6 Å². The molecule has 13 nitrogen and oxygen atoms in total. The van der Waals surface area contributed by atoms with Crippen molar-refractivity contribution in [2.45, 2.75) is 141 Å². The van der Waals surface area contributed by atoms with Crippen molar-refractivity contribution < 1.29 is 28.8 Å². The van der Waals surface area contributed by atoms with Crippen LogP contribution in [0.2, 0.25) is 0 Å². The fourth-order valence-electron chi connectivity index (χ4n) is 7.63. The van der Waals surface area contributed by atoms with Crippen molar-refractivity contribution in [3.8, 4) is 0 Å². The van der Waals surface area contributed by atoms with E-state index in [1.807, 2.05) is 27.7 Å². The maximum Gasteiger partial charge on any atom is 0.289 e. The van der Waals surface area contributed by atoms with Crippen LogP contribution in [0.5, 0.6) is 0 Å². The molecule has 3 saturated carbocycles. The van der Waals surface area contributed by atoms with E-state index in [1.165, 1.54) is 18.6 Å². The van der Waals surface area contributed by atoms with Gasteiger partial charge in [-0.3, -0.25) is 33.8 Å². The van der Waals surface area contributed by atoms with Gasteiger partial charge in [-0.15, -0.1) is 0 Å². The number of amides is 5. The van der Waals surface area contributed by atoms with Gasteiger partial charge in [-0.2, -0.15) is 0 Å². The minimum Gasteiger partial charge on any atom is -0.347 e. The molecule has 4 fully saturated rings. The summed E-state index contributed by atoms with van der Waals surface area (Å²) in [6.07, 6.45) is 13.4. The van der Waals surface area contributed by atoms with E-state index in [0.29, 0.717) is 19.3 Å². The van der Waals surface area contributed by atoms with E-state index in [0.717, 1.165) is 57.8 Å². The lowest BCUT2D eigenvalue weighted by Gasteiger charge is -2.41. The quantitative estimate of drug-likeness (QED) is 0.232. The molecule has 0 aromatic carbocycles. The molecule has 2 heterocycles. The van der Waals surface area contributed by atoms with E-state index in [9.17, 15) is 28.8 Å². The number of nitrogens with zero attached hydrogens (tertiary/aromatic N) is 3. The highest BCUT2D eigenvalue weighted by Crippen LogP contribution is 2.44. The number of nitrogens with one attached hydrogen (secondary N) is 4. The number of rotatable bonds is 13. The van der Waals surface area contributed by atoms with E-state index >= 15 is 0 Å². The third-order valence-corrected chi connectivity index (χ3v) is 10.3. The van der Waals surface area contributed by atoms with Gasteiger partial charge >= 0.3 is 0 Å². The van der Waals surface area contributed by atoms with Crippen LogP contribution in [-0.4, -0.2) is 86.4 Å². The van der Waals surface area contributed by atoms with E-state index < -0.39 is 59.0 Å². The van der Waals surface area contributed by atoms with Crippen molar-refractivity contribution >= 4 is 35.3 Å². The number of carbonyl (C=O) groups excluding carboxylic acids is 6. The average molecular weight is 666 g/mol. The first-order chi connectivity index (χ1) is 22.9. The topological polar surface area (TPSA) is 180 Å². The van der Waals surface area contributed by atoms with Gasteiger partial charge < -0.3 is 26.2 Å². The summed E-state index contributed by atoms with van der Waals surface area (Å²) in [6, 6.07) is -3.83. The molecule has 2 bridgehead atoms. The minimum absolute atomic E-state index is 0.0145. The second-order valence-corrected chi connectivity index (χ2v) is 15.1. The fourth-order valence-corrected chi connectivity index (χ4v) is 7.63. The molecule has 5 rings (SSSR count). The molecule has 1 aromatic rings. The van der Waals surface area contributed by atoms with Crippen molar-refractivity contribution in [3.63, 3.8) is 0 Å². The van der Waals surface area contributed by atoms with Crippen LogP contribution in [0.1, 0.15) is 115 Å². The zero-order valence-corrected chi connectivity index (χ0v) is 28.6. The van der Waals surface area contributed by atoms with Crippen molar-refractivity contribution in [2.24, 2.45) is 17.3 Å². The Morgan fingerprint density at radius 1 is 0.917 bits per heavy atom. The Balaban J connectivity index is 1.34. The van der Waals surface area contributed by atoms with Crippen LogP contribution in [0.15, 0.2) is 18.6 Å². The summed E-state index contributed by atoms with van der Waals surface area (Å²) < 4.78 is 0. The molecule has 13 heteroatoms. The van der Waals surface area contributed by atoms with Gasteiger partial charge in [-0.25, -0.2) is 4.98 Å². The Hall–Kier alpha value is -3.90. The third-order valence-electron chi connectivity index (χ3n) is 10.3. The number of hydrogen-bond acceptors (Lipinski definition) is 8. The summed E-state index contributed by atoms with van der Waals surface area (Å²) in [6.45, 7) is 7.47. The van der Waals surface area contributed by atoms with Gasteiger partial charge in [0.15, 0.2) is 0 Å². The molecular formula is C35H51N7O6. The first-order valence-electron chi connectivity index (χ1n) is 17.7. The number of carbonyl (C=O) groups is 6. The number of hydrogen-bond donors (Lipinski definition) is 4. The van der Waals surface area contributed by atoms with Crippen LogP contribution in [0.3, 0.4) is 0 Å². The Morgan fingerprint density at radius 3 is 2.27 bits per heavy atom. The van der Waals surface area contributed by atoms with Crippen molar-refractivity contribution in [2.75, 3.05) is 0 Å². The summed E-state index contributed by atoms with van der Waals surface area (Å²) in [4.78, 5) is 91.0. The maximum atomic E-state index is 14.6. The largest absolute Gasteiger partial charge is 0.347 e. The number of fused-ring (bicyclic) bond motifs is 2. The van der Waals surface area contributed by atoms with Gasteiger partial charge in [0, 0.05) is 24.5 Å². The number of ketones is 1. The second kappa shape index (κ2) is 15.1. The molecule has 0 radical (unpaired) electrons. The Labute approximate surface area is 282 Å². The molecule has 1 aliphatic heterocycles. The summed E-state index contributed by atoms with van der Waals surface area (Å²) in [5.41, 5.74) is -0.634. The van der Waals surface area contributed by atoms with Gasteiger partial charge in [0.05, 0.1) is 12.2 Å². The molecule has 6 atom stereocenters. The first kappa shape index (κ1) is 35.4. The smallest absolute Gasteiger partial charge is 0.289 e. The molecule has 4 N–H and O–H groups in total. The molecule has 1 unspecified atom stereocenters. The molecule has 0 spiro atoms. The highest BCUT2D eigenvalue weighted by molar-refractivity contribution is 6.38. The highest BCUT2D eigenvalue weighted by Gasteiger charge is 2.54. The lowest BCUT2D eigenvalue weighted by molar-refractivity contribution is -0.149. The second-order valence-electron chi connectivity index (χ2n) is 15.1. The van der Waals surface area contributed by atoms with E-state index in [2.05, 4.69) is 31.2 Å². The Kier molecular flexibility index (Phi) is 11.1. The highest BCUT2D eigenvalue weighted by atomic mass is 16.2. The van der Waals surface area contributed by atoms with Crippen molar-refractivity contribution in [1.29, 1.82) is 0 Å². The van der Waals surface area contributed by atoms with Crippen LogP contribution in [0.25, 0.3) is 0 Å². The lowest BCUT2D eigenvalue weighted by Crippen LogP contribution is -2.64. The monoisotopic (exact) mass is 665 g/mol. The molecule has 1 saturated heterocycles. The average Bonchev–Trinajstić information content (AvgIpc) is 3.64. The van der Waals surface area contributed by atoms with Gasteiger partial charge in [0.2, 0.25) is 23.5 Å². The zero-order chi connectivity index (χ0) is 34.6. The van der Waals surface area contributed by atoms with Crippen LogP contribution in [0.4, 0.5) is 0 Å². The van der Waals surface area contributed by atoms with Crippen LogP contribution >= 0.6 is 0 Å². The van der Waals surface area contributed by atoms with Gasteiger partial charge in [0.25, 0.3) is 11.8 Å². The van der Waals surface area contributed by atoms with Crippen molar-refractivity contribution in [1.82, 2.24) is 36.1 Å². The Morgan fingerprint density at radius 2 is 1.65 bits per heavy atom. The molecule has 5 amide bonds. The first-order valence-corrected chi connectivity index (χ1v) is 17.7. The number of Topliss-reactive ketones (excluding diaryl/α,β-unsaturated/α-hetero) is 1. The molecule has 48 heavy (non-hydrogen) atoms. The summed E-state index contributed by atoms with van der Waals surface area (Å²) in [5.74, 6) is -3.33. The third kappa shape index (κ3) is 8.20. The zero-order valence-electron chi connectivity index (χ0n) is 28.6. The van der Waals surface area contributed by atoms with Gasteiger partial charge in [-0.1, -0.05) is 53.4 Å². The van der Waals surface area contributed by atoms with E-state index in [4.69, 9.17) is 0 Å². The standard InChI is InChI=1S/C35H51N7O6/c1-5-9-24(28(43)33(47)38-22-13-14-22)39-32(46)27-21-12-15-23(18-21)42(27)34(48)29(35(2,3)4)41-31(45)26(20-10-7-6-8-11-20)40-30(44)25-19-36-16-17-37-25/h16-17,19-24,26-27,29H,5-15,18H2,1-4H3,(H,38,47)(H,39,46)(H,40,44)(H,41,45)/t21?,23-,24-,26-,27-,29-/m0/s1. The van der Waals surface area contributed by atoms with E-state index in [1.54, 1.807) is 4.90 Å². The SMILES string of the molecule is CCC[C@H](NC(=O)[C@@H]1C2CC[C@@H](C2)N1C(=O)[C@H](NC(=O)[C@@H](NC(=O)c1cnccn1)C1CCCCC1)C(C)(C)C)C(=O)C(=O)NC1CC1. The van der Waals surface area contributed by atoms with Gasteiger partial charge in [0.1, 0.15) is 23.8 Å². The molecule has 4 aliphatic rings. The summed E-state index contributed by atoms with van der Waals surface area (Å²) in [7, 11) is 0. The molecule has 1 aromatic heterocycles. The van der Waals surface area contributed by atoms with E-state index in [-0.39, 0.29) is 35.5 Å². The predicted molar refractivity (Wildman–Crippen MR) is 176 cm³/mol.